The van der Waals surface area contributed by atoms with Crippen molar-refractivity contribution in [3.05, 3.63) is 0 Å². The zero-order valence-electron chi connectivity index (χ0n) is 10.0. The molecular weight excluding hydrogens is 242 g/mol. The molecule has 2 N–H and O–H groups in total. The van der Waals surface area contributed by atoms with Gasteiger partial charge in [-0.05, 0) is 19.3 Å². The Bertz CT molecular complexity index is 322. The third kappa shape index (κ3) is 3.89. The number of rotatable bonds is 5. The fourth-order valence-electron chi connectivity index (χ4n) is 2.20. The quantitative estimate of drug-likeness (QED) is 0.688. The first kappa shape index (κ1) is 13.2. The van der Waals surface area contributed by atoms with E-state index in [0.29, 0.717) is 19.6 Å². The minimum absolute atomic E-state index is 0.237. The smallest absolute Gasteiger partial charge is 0.279 e. The maximum Gasteiger partial charge on any atom is 0.279 e. The standard InChI is InChI=1S/C10H21N3O3S/c14-17(15,13-7-5-11-6-8-13)12-4-3-10-2-1-9-16-10/h10-12H,1-9H2. The lowest BCUT2D eigenvalue weighted by Crippen LogP contribution is -2.50. The van der Waals surface area contributed by atoms with Crippen molar-refractivity contribution in [1.82, 2.24) is 14.3 Å². The Hall–Kier alpha value is -0.210. The second kappa shape index (κ2) is 6.10. The third-order valence-corrected chi connectivity index (χ3v) is 4.80. The predicted octanol–water partition coefficient (Wildman–Crippen LogP) is -0.705. The van der Waals surface area contributed by atoms with E-state index in [1.807, 2.05) is 0 Å². The molecular formula is C10H21N3O3S. The van der Waals surface area contributed by atoms with E-state index in [-0.39, 0.29) is 6.10 Å². The van der Waals surface area contributed by atoms with E-state index in [4.69, 9.17) is 4.74 Å². The molecule has 2 aliphatic heterocycles. The van der Waals surface area contributed by atoms with Crippen molar-refractivity contribution in [2.75, 3.05) is 39.3 Å². The van der Waals surface area contributed by atoms with Crippen LogP contribution in [0.5, 0.6) is 0 Å². The highest BCUT2D eigenvalue weighted by Crippen LogP contribution is 2.14. The molecule has 0 radical (unpaired) electrons. The monoisotopic (exact) mass is 263 g/mol. The largest absolute Gasteiger partial charge is 0.378 e. The van der Waals surface area contributed by atoms with Gasteiger partial charge in [0.25, 0.3) is 10.2 Å². The van der Waals surface area contributed by atoms with E-state index in [1.54, 1.807) is 0 Å². The summed E-state index contributed by atoms with van der Waals surface area (Å²) in [6.45, 7) is 3.84. The van der Waals surface area contributed by atoms with E-state index in [2.05, 4.69) is 10.0 Å². The highest BCUT2D eigenvalue weighted by molar-refractivity contribution is 7.87. The molecule has 2 aliphatic rings. The zero-order valence-corrected chi connectivity index (χ0v) is 10.8. The van der Waals surface area contributed by atoms with Gasteiger partial charge in [0.2, 0.25) is 0 Å². The van der Waals surface area contributed by atoms with Crippen molar-refractivity contribution < 1.29 is 13.2 Å². The molecule has 0 aromatic heterocycles. The summed E-state index contributed by atoms with van der Waals surface area (Å²) in [5, 5.41) is 3.13. The summed E-state index contributed by atoms with van der Waals surface area (Å²) in [6, 6.07) is 0. The molecule has 6 nitrogen and oxygen atoms in total. The summed E-state index contributed by atoms with van der Waals surface area (Å²) in [6.07, 6.45) is 3.15. The van der Waals surface area contributed by atoms with Gasteiger partial charge in [-0.25, -0.2) is 4.72 Å². The van der Waals surface area contributed by atoms with Gasteiger partial charge in [0.05, 0.1) is 6.10 Å². The molecule has 0 amide bonds. The highest BCUT2D eigenvalue weighted by Gasteiger charge is 2.23. The Labute approximate surface area is 103 Å². The molecule has 0 saturated carbocycles. The highest BCUT2D eigenvalue weighted by atomic mass is 32.2. The van der Waals surface area contributed by atoms with Gasteiger partial charge in [0, 0.05) is 39.3 Å². The maximum absolute atomic E-state index is 11.9. The number of nitrogens with one attached hydrogen (secondary N) is 2. The Kier molecular flexibility index (Phi) is 4.75. The van der Waals surface area contributed by atoms with Crippen LogP contribution in [0.25, 0.3) is 0 Å². The first-order chi connectivity index (χ1) is 8.18. The van der Waals surface area contributed by atoms with Gasteiger partial charge >= 0.3 is 0 Å². The summed E-state index contributed by atoms with van der Waals surface area (Å²) >= 11 is 0. The first-order valence-electron chi connectivity index (χ1n) is 6.25. The zero-order chi connectivity index (χ0) is 12.1. The lowest BCUT2D eigenvalue weighted by atomic mass is 10.2. The molecule has 0 bridgehead atoms. The van der Waals surface area contributed by atoms with Crippen LogP contribution in [0.2, 0.25) is 0 Å². The molecule has 0 spiro atoms. The molecule has 100 valence electrons. The average Bonchev–Trinajstić information content (AvgIpc) is 2.83. The number of hydrogen-bond donors (Lipinski definition) is 2. The molecule has 1 atom stereocenters. The van der Waals surface area contributed by atoms with Crippen molar-refractivity contribution in [2.45, 2.75) is 25.4 Å². The molecule has 1 unspecified atom stereocenters. The normalized spacial score (nSPS) is 27.4. The maximum atomic E-state index is 11.9. The van der Waals surface area contributed by atoms with Crippen molar-refractivity contribution in [1.29, 1.82) is 0 Å². The molecule has 0 aliphatic carbocycles. The lowest BCUT2D eigenvalue weighted by Gasteiger charge is -2.26. The number of ether oxygens (including phenoxy) is 1. The van der Waals surface area contributed by atoms with E-state index in [9.17, 15) is 8.42 Å². The molecule has 0 aromatic rings. The van der Waals surface area contributed by atoms with Crippen molar-refractivity contribution in [2.24, 2.45) is 0 Å². The van der Waals surface area contributed by atoms with Gasteiger partial charge < -0.3 is 10.1 Å². The van der Waals surface area contributed by atoms with Gasteiger partial charge in [-0.2, -0.15) is 12.7 Å². The van der Waals surface area contributed by atoms with E-state index in [0.717, 1.165) is 39.0 Å². The van der Waals surface area contributed by atoms with Crippen LogP contribution in [-0.2, 0) is 14.9 Å². The van der Waals surface area contributed by atoms with E-state index < -0.39 is 10.2 Å². The first-order valence-corrected chi connectivity index (χ1v) is 7.69. The van der Waals surface area contributed by atoms with Crippen molar-refractivity contribution in [3.63, 3.8) is 0 Å². The Morgan fingerprint density at radius 2 is 2.12 bits per heavy atom. The van der Waals surface area contributed by atoms with Gasteiger partial charge in [-0.3, -0.25) is 0 Å². The van der Waals surface area contributed by atoms with Gasteiger partial charge in [-0.1, -0.05) is 0 Å². The van der Waals surface area contributed by atoms with Crippen LogP contribution in [0.4, 0.5) is 0 Å². The Morgan fingerprint density at radius 1 is 1.35 bits per heavy atom. The summed E-state index contributed by atoms with van der Waals surface area (Å²) < 4.78 is 33.4. The fourth-order valence-corrected chi connectivity index (χ4v) is 3.42. The number of nitrogens with zero attached hydrogens (tertiary/aromatic N) is 1. The SMILES string of the molecule is O=S(=O)(NCCC1CCCO1)N1CCNCC1. The summed E-state index contributed by atoms with van der Waals surface area (Å²) in [4.78, 5) is 0. The van der Waals surface area contributed by atoms with Crippen LogP contribution in [0.15, 0.2) is 0 Å². The molecule has 2 fully saturated rings. The van der Waals surface area contributed by atoms with Crippen LogP contribution in [-0.4, -0.2) is 58.2 Å². The second-order valence-corrected chi connectivity index (χ2v) is 6.23. The molecule has 0 aromatic carbocycles. The second-order valence-electron chi connectivity index (χ2n) is 4.47. The van der Waals surface area contributed by atoms with Gasteiger partial charge in [-0.15, -0.1) is 0 Å². The van der Waals surface area contributed by atoms with Crippen molar-refractivity contribution >= 4 is 10.2 Å². The Morgan fingerprint density at radius 3 is 2.76 bits per heavy atom. The van der Waals surface area contributed by atoms with Crippen LogP contribution < -0.4 is 10.0 Å². The topological polar surface area (TPSA) is 70.7 Å². The number of piperazine rings is 1. The van der Waals surface area contributed by atoms with Crippen LogP contribution in [0.1, 0.15) is 19.3 Å². The molecule has 2 heterocycles. The Balaban J connectivity index is 1.72. The minimum Gasteiger partial charge on any atom is -0.378 e. The lowest BCUT2D eigenvalue weighted by molar-refractivity contribution is 0.105. The van der Waals surface area contributed by atoms with E-state index >= 15 is 0 Å². The van der Waals surface area contributed by atoms with E-state index in [1.165, 1.54) is 4.31 Å². The van der Waals surface area contributed by atoms with Crippen LogP contribution in [0.3, 0.4) is 0 Å². The molecule has 2 rings (SSSR count). The molecule has 17 heavy (non-hydrogen) atoms. The van der Waals surface area contributed by atoms with Gasteiger partial charge in [0.15, 0.2) is 0 Å². The van der Waals surface area contributed by atoms with Crippen molar-refractivity contribution in [3.8, 4) is 0 Å². The molecule has 2 saturated heterocycles. The average molecular weight is 263 g/mol. The van der Waals surface area contributed by atoms with Crippen LogP contribution >= 0.6 is 0 Å². The summed E-state index contributed by atoms with van der Waals surface area (Å²) in [7, 11) is -3.29. The summed E-state index contributed by atoms with van der Waals surface area (Å²) in [5.74, 6) is 0. The minimum atomic E-state index is -3.29. The number of hydrogen-bond acceptors (Lipinski definition) is 4. The third-order valence-electron chi connectivity index (χ3n) is 3.19. The van der Waals surface area contributed by atoms with Gasteiger partial charge in [0.1, 0.15) is 0 Å². The fraction of sp³-hybridized carbons (Fsp3) is 1.00. The van der Waals surface area contributed by atoms with Crippen LogP contribution in [0, 0.1) is 0 Å². The predicted molar refractivity (Wildman–Crippen MR) is 65.0 cm³/mol. The molecule has 7 heteroatoms. The summed E-state index contributed by atoms with van der Waals surface area (Å²) in [5.41, 5.74) is 0.